The van der Waals surface area contributed by atoms with Crippen molar-refractivity contribution >= 4 is 11.6 Å². The fraction of sp³-hybridized carbons (Fsp3) is 0.333. The van der Waals surface area contributed by atoms with Gasteiger partial charge < -0.3 is 10.3 Å². The fourth-order valence-corrected chi connectivity index (χ4v) is 1.24. The van der Waals surface area contributed by atoms with Crippen LogP contribution in [0, 0.1) is 0 Å². The highest BCUT2D eigenvalue weighted by Gasteiger charge is 2.31. The first-order valence-corrected chi connectivity index (χ1v) is 4.58. The molecule has 0 aliphatic heterocycles. The second kappa shape index (κ2) is 5.00. The van der Waals surface area contributed by atoms with Crippen molar-refractivity contribution in [2.24, 2.45) is 5.84 Å². The van der Waals surface area contributed by atoms with Gasteiger partial charge in [0.25, 0.3) is 5.91 Å². The molecule has 3 N–H and O–H groups in total. The Balaban J connectivity index is 2.89. The minimum atomic E-state index is -4.44. The molecule has 0 aliphatic rings. The maximum absolute atomic E-state index is 12.1. The zero-order valence-corrected chi connectivity index (χ0v) is 8.95. The van der Waals surface area contributed by atoms with Crippen LogP contribution in [-0.2, 0) is 0 Å². The van der Waals surface area contributed by atoms with Crippen LogP contribution in [0.1, 0.15) is 10.4 Å². The summed E-state index contributed by atoms with van der Waals surface area (Å²) in [6.07, 6.45) is -1.88. The molecule has 1 aromatic rings. The monoisotopic (exact) mass is 248 g/mol. The minimum Gasteiger partial charge on any atom is -0.333 e. The molecule has 1 heterocycles. The van der Waals surface area contributed by atoms with Gasteiger partial charge in [-0.1, -0.05) is 0 Å². The molecule has 0 saturated heterocycles. The van der Waals surface area contributed by atoms with Gasteiger partial charge in [0.15, 0.2) is 0 Å². The third-order valence-electron chi connectivity index (χ3n) is 1.97. The second-order valence-electron chi connectivity index (χ2n) is 3.34. The lowest BCUT2D eigenvalue weighted by atomic mass is 10.2. The number of pyridine rings is 1. The lowest BCUT2D eigenvalue weighted by molar-refractivity contribution is -0.138. The Morgan fingerprint density at radius 3 is 2.76 bits per heavy atom. The molecule has 0 unspecified atom stereocenters. The number of carbonyl (C=O) groups is 1. The molecule has 8 heteroatoms. The molecule has 1 rings (SSSR count). The molecule has 0 aromatic carbocycles. The topological polar surface area (TPSA) is 71.2 Å². The lowest BCUT2D eigenvalue weighted by Crippen LogP contribution is -2.36. The summed E-state index contributed by atoms with van der Waals surface area (Å²) in [7, 11) is 1.07. The number of alkyl halides is 3. The molecule has 0 spiro atoms. The largest absolute Gasteiger partial charge is 0.406 e. The first kappa shape index (κ1) is 13.2. The SMILES string of the molecule is CN(CC(F)(F)F)C(=O)c1ccncc1NN. The van der Waals surface area contributed by atoms with E-state index in [0.717, 1.165) is 7.05 Å². The number of hydrogen-bond donors (Lipinski definition) is 2. The molecule has 94 valence electrons. The van der Waals surface area contributed by atoms with E-state index < -0.39 is 18.6 Å². The highest BCUT2D eigenvalue weighted by Crippen LogP contribution is 2.19. The first-order chi connectivity index (χ1) is 7.85. The van der Waals surface area contributed by atoms with Gasteiger partial charge in [-0.15, -0.1) is 0 Å². The van der Waals surface area contributed by atoms with Crippen molar-refractivity contribution in [1.82, 2.24) is 9.88 Å². The van der Waals surface area contributed by atoms with E-state index in [-0.39, 0.29) is 11.3 Å². The van der Waals surface area contributed by atoms with Crippen LogP contribution in [-0.4, -0.2) is 35.6 Å². The summed E-state index contributed by atoms with van der Waals surface area (Å²) in [5.41, 5.74) is 2.41. The highest BCUT2D eigenvalue weighted by atomic mass is 19.4. The standard InChI is InChI=1S/C9H11F3N4O/c1-16(5-9(10,11)12)8(17)6-2-3-14-4-7(6)15-13/h2-4,15H,5,13H2,1H3. The van der Waals surface area contributed by atoms with Crippen LogP contribution >= 0.6 is 0 Å². The van der Waals surface area contributed by atoms with Crippen LogP contribution in [0.5, 0.6) is 0 Å². The van der Waals surface area contributed by atoms with Gasteiger partial charge in [-0.05, 0) is 6.07 Å². The number of nitrogens with zero attached hydrogens (tertiary/aromatic N) is 2. The smallest absolute Gasteiger partial charge is 0.333 e. The van der Waals surface area contributed by atoms with Gasteiger partial charge in [0.05, 0.1) is 17.4 Å². The van der Waals surface area contributed by atoms with E-state index in [1.807, 2.05) is 0 Å². The number of hydrazine groups is 1. The van der Waals surface area contributed by atoms with Gasteiger partial charge in [0, 0.05) is 13.2 Å². The maximum atomic E-state index is 12.1. The summed E-state index contributed by atoms with van der Waals surface area (Å²) in [6, 6.07) is 1.30. The molecule has 0 fully saturated rings. The minimum absolute atomic E-state index is 0.0363. The number of nitrogens with one attached hydrogen (secondary N) is 1. The van der Waals surface area contributed by atoms with E-state index in [9.17, 15) is 18.0 Å². The quantitative estimate of drug-likeness (QED) is 0.618. The third-order valence-corrected chi connectivity index (χ3v) is 1.97. The van der Waals surface area contributed by atoms with E-state index in [0.29, 0.717) is 4.90 Å². The van der Waals surface area contributed by atoms with Gasteiger partial charge in [-0.2, -0.15) is 13.2 Å². The molecule has 0 aliphatic carbocycles. The van der Waals surface area contributed by atoms with Crippen LogP contribution in [0.2, 0.25) is 0 Å². The Kier molecular flexibility index (Phi) is 3.89. The third kappa shape index (κ3) is 3.59. The molecule has 0 atom stereocenters. The van der Waals surface area contributed by atoms with Gasteiger partial charge >= 0.3 is 6.18 Å². The van der Waals surface area contributed by atoms with E-state index in [1.165, 1.54) is 18.5 Å². The Morgan fingerprint density at radius 1 is 1.59 bits per heavy atom. The first-order valence-electron chi connectivity index (χ1n) is 4.58. The molecular formula is C9H11F3N4O. The Labute approximate surface area is 95.4 Å². The van der Waals surface area contributed by atoms with Crippen LogP contribution in [0.3, 0.4) is 0 Å². The van der Waals surface area contributed by atoms with E-state index in [1.54, 1.807) is 0 Å². The molecule has 1 amide bonds. The molecule has 0 radical (unpaired) electrons. The summed E-state index contributed by atoms with van der Waals surface area (Å²) in [4.78, 5) is 16.0. The number of rotatable bonds is 3. The Morgan fingerprint density at radius 2 is 2.24 bits per heavy atom. The Bertz CT molecular complexity index is 407. The number of nitrogen functional groups attached to an aromatic ring is 1. The average molecular weight is 248 g/mol. The zero-order chi connectivity index (χ0) is 13.1. The molecular weight excluding hydrogens is 237 g/mol. The van der Waals surface area contributed by atoms with Crippen molar-refractivity contribution in [2.45, 2.75) is 6.18 Å². The Hall–Kier alpha value is -1.83. The summed E-state index contributed by atoms with van der Waals surface area (Å²) < 4.78 is 36.4. The van der Waals surface area contributed by atoms with E-state index >= 15 is 0 Å². The molecule has 17 heavy (non-hydrogen) atoms. The summed E-state index contributed by atoms with van der Waals surface area (Å²) in [5, 5.41) is 0. The molecule has 0 bridgehead atoms. The molecule has 0 saturated carbocycles. The number of amides is 1. The number of nitrogens with two attached hydrogens (primary N) is 1. The summed E-state index contributed by atoms with van der Waals surface area (Å²) in [6.45, 7) is -1.32. The molecule has 1 aromatic heterocycles. The van der Waals surface area contributed by atoms with Gasteiger partial charge in [-0.25, -0.2) is 0 Å². The van der Waals surface area contributed by atoms with Gasteiger partial charge in [-0.3, -0.25) is 15.6 Å². The van der Waals surface area contributed by atoms with Crippen molar-refractivity contribution in [3.8, 4) is 0 Å². The number of hydrogen-bond acceptors (Lipinski definition) is 4. The van der Waals surface area contributed by atoms with Crippen LogP contribution in [0.25, 0.3) is 0 Å². The summed E-state index contributed by atoms with van der Waals surface area (Å²) in [5.74, 6) is 4.35. The lowest BCUT2D eigenvalue weighted by Gasteiger charge is -2.20. The highest BCUT2D eigenvalue weighted by molar-refractivity contribution is 5.99. The number of carbonyl (C=O) groups excluding carboxylic acids is 1. The van der Waals surface area contributed by atoms with E-state index in [4.69, 9.17) is 5.84 Å². The fourth-order valence-electron chi connectivity index (χ4n) is 1.24. The normalized spacial score (nSPS) is 11.1. The van der Waals surface area contributed by atoms with Crippen molar-refractivity contribution in [2.75, 3.05) is 19.0 Å². The maximum Gasteiger partial charge on any atom is 0.406 e. The number of halogens is 3. The van der Waals surface area contributed by atoms with Crippen LogP contribution in [0.4, 0.5) is 18.9 Å². The average Bonchev–Trinajstić information content (AvgIpc) is 2.25. The molecule has 5 nitrogen and oxygen atoms in total. The van der Waals surface area contributed by atoms with Crippen LogP contribution in [0.15, 0.2) is 18.5 Å². The van der Waals surface area contributed by atoms with Crippen LogP contribution < -0.4 is 11.3 Å². The van der Waals surface area contributed by atoms with E-state index in [2.05, 4.69) is 10.4 Å². The van der Waals surface area contributed by atoms with Crippen molar-refractivity contribution in [3.05, 3.63) is 24.0 Å². The number of anilines is 1. The zero-order valence-electron chi connectivity index (χ0n) is 8.95. The van der Waals surface area contributed by atoms with Crippen molar-refractivity contribution < 1.29 is 18.0 Å². The van der Waals surface area contributed by atoms with Gasteiger partial charge in [0.2, 0.25) is 0 Å². The van der Waals surface area contributed by atoms with Gasteiger partial charge in [0.1, 0.15) is 6.54 Å². The second-order valence-corrected chi connectivity index (χ2v) is 3.34. The predicted octanol–water partition coefficient (Wildman–Crippen LogP) is 1.00. The van der Waals surface area contributed by atoms with Crippen molar-refractivity contribution in [1.29, 1.82) is 0 Å². The van der Waals surface area contributed by atoms with Crippen molar-refractivity contribution in [3.63, 3.8) is 0 Å². The summed E-state index contributed by atoms with van der Waals surface area (Å²) >= 11 is 0. The predicted molar refractivity (Wildman–Crippen MR) is 55.1 cm³/mol. The number of aromatic nitrogens is 1.